The van der Waals surface area contributed by atoms with Gasteiger partial charge in [-0.05, 0) is 19.4 Å². The Bertz CT molecular complexity index is 433. The van der Waals surface area contributed by atoms with Crippen LogP contribution in [0.5, 0.6) is 0 Å². The highest BCUT2D eigenvalue weighted by molar-refractivity contribution is 7.48. The van der Waals surface area contributed by atoms with E-state index in [0.29, 0.717) is 5.56 Å². The van der Waals surface area contributed by atoms with Gasteiger partial charge in [-0.25, -0.2) is 4.57 Å². The maximum Gasteiger partial charge on any atom is 0.476 e. The summed E-state index contributed by atoms with van der Waals surface area (Å²) in [5.41, 5.74) is 0.611. The second-order valence-corrected chi connectivity index (χ2v) is 4.93. The van der Waals surface area contributed by atoms with Crippen LogP contribution in [0.2, 0.25) is 0 Å². The second kappa shape index (κ2) is 7.30. The third-order valence-electron chi connectivity index (χ3n) is 2.03. The van der Waals surface area contributed by atoms with Crippen LogP contribution in [-0.4, -0.2) is 13.2 Å². The molecule has 0 aliphatic rings. The Morgan fingerprint density at radius 2 is 1.78 bits per heavy atom. The zero-order valence-corrected chi connectivity index (χ0v) is 11.3. The van der Waals surface area contributed by atoms with Gasteiger partial charge in [0.25, 0.3) is 0 Å². The second-order valence-electron chi connectivity index (χ2n) is 3.31. The summed E-state index contributed by atoms with van der Waals surface area (Å²) in [5.74, 6) is 0. The number of benzene rings is 1. The van der Waals surface area contributed by atoms with Gasteiger partial charge in [-0.15, -0.1) is 0 Å². The predicted molar refractivity (Wildman–Crippen MR) is 66.7 cm³/mol. The summed E-state index contributed by atoms with van der Waals surface area (Å²) in [6, 6.07) is 10.7. The molecule has 0 aromatic heterocycles. The maximum atomic E-state index is 12.1. The van der Waals surface area contributed by atoms with Gasteiger partial charge in [0.15, 0.2) is 6.10 Å². The van der Waals surface area contributed by atoms with Crippen molar-refractivity contribution in [3.8, 4) is 6.07 Å². The molecule has 0 radical (unpaired) electrons. The first-order valence-corrected chi connectivity index (χ1v) is 7.13. The van der Waals surface area contributed by atoms with Gasteiger partial charge in [-0.3, -0.25) is 13.6 Å². The molecule has 0 heterocycles. The molecule has 0 saturated heterocycles. The molecular weight excluding hydrogens is 253 g/mol. The Labute approximate surface area is 107 Å². The van der Waals surface area contributed by atoms with Crippen LogP contribution in [0.15, 0.2) is 30.3 Å². The van der Waals surface area contributed by atoms with E-state index in [2.05, 4.69) is 0 Å². The maximum absolute atomic E-state index is 12.1. The van der Waals surface area contributed by atoms with Gasteiger partial charge in [0.05, 0.1) is 19.3 Å². The summed E-state index contributed by atoms with van der Waals surface area (Å²) in [6.07, 6.45) is -0.977. The fourth-order valence-electron chi connectivity index (χ4n) is 1.33. The quantitative estimate of drug-likeness (QED) is 0.709. The number of nitrogens with zero attached hydrogens (tertiary/aromatic N) is 1. The fourth-order valence-corrected chi connectivity index (χ4v) is 2.59. The zero-order valence-electron chi connectivity index (χ0n) is 10.4. The van der Waals surface area contributed by atoms with Crippen molar-refractivity contribution in [2.45, 2.75) is 20.0 Å². The Balaban J connectivity index is 2.85. The van der Waals surface area contributed by atoms with Crippen molar-refractivity contribution in [3.63, 3.8) is 0 Å². The van der Waals surface area contributed by atoms with Gasteiger partial charge in [-0.2, -0.15) is 5.26 Å². The predicted octanol–water partition coefficient (Wildman–Crippen LogP) is 3.45. The van der Waals surface area contributed by atoms with Gasteiger partial charge in [0.1, 0.15) is 0 Å². The van der Waals surface area contributed by atoms with Crippen LogP contribution in [0.4, 0.5) is 0 Å². The van der Waals surface area contributed by atoms with Crippen LogP contribution >= 0.6 is 7.82 Å². The third-order valence-corrected chi connectivity index (χ3v) is 3.65. The monoisotopic (exact) mass is 269 g/mol. The Morgan fingerprint density at radius 3 is 2.22 bits per heavy atom. The Hall–Kier alpha value is -1.18. The first-order valence-electron chi connectivity index (χ1n) is 5.67. The van der Waals surface area contributed by atoms with Crippen molar-refractivity contribution in [1.82, 2.24) is 0 Å². The molecule has 0 aliphatic heterocycles. The molecule has 0 spiro atoms. The van der Waals surface area contributed by atoms with Crippen molar-refractivity contribution < 1.29 is 18.1 Å². The van der Waals surface area contributed by atoms with Crippen molar-refractivity contribution in [2.75, 3.05) is 13.2 Å². The van der Waals surface area contributed by atoms with E-state index in [1.165, 1.54) is 0 Å². The number of hydrogen-bond donors (Lipinski definition) is 0. The molecule has 0 N–H and O–H groups in total. The van der Waals surface area contributed by atoms with E-state index in [-0.39, 0.29) is 13.2 Å². The Morgan fingerprint density at radius 1 is 1.22 bits per heavy atom. The van der Waals surface area contributed by atoms with Crippen LogP contribution in [0, 0.1) is 11.3 Å². The molecule has 98 valence electrons. The molecule has 1 unspecified atom stereocenters. The number of rotatable bonds is 7. The van der Waals surface area contributed by atoms with Crippen LogP contribution in [0.1, 0.15) is 25.5 Å². The highest BCUT2D eigenvalue weighted by atomic mass is 31.2. The molecule has 1 aromatic rings. The first-order chi connectivity index (χ1) is 8.65. The van der Waals surface area contributed by atoms with Crippen LogP contribution in [-0.2, 0) is 18.1 Å². The average Bonchev–Trinajstić information content (AvgIpc) is 2.38. The van der Waals surface area contributed by atoms with Gasteiger partial charge in [-0.1, -0.05) is 30.3 Å². The molecule has 5 nitrogen and oxygen atoms in total. The van der Waals surface area contributed by atoms with E-state index < -0.39 is 13.9 Å². The van der Waals surface area contributed by atoms with E-state index in [4.69, 9.17) is 18.8 Å². The lowest BCUT2D eigenvalue weighted by atomic mass is 10.1. The molecule has 6 heteroatoms. The molecule has 1 atom stereocenters. The summed E-state index contributed by atoms with van der Waals surface area (Å²) in [4.78, 5) is 0. The van der Waals surface area contributed by atoms with Gasteiger partial charge in [0.2, 0.25) is 0 Å². The molecule has 1 rings (SSSR count). The minimum atomic E-state index is -3.68. The lowest BCUT2D eigenvalue weighted by Crippen LogP contribution is -2.05. The van der Waals surface area contributed by atoms with Crippen LogP contribution < -0.4 is 0 Å². The first kappa shape index (κ1) is 14.9. The average molecular weight is 269 g/mol. The summed E-state index contributed by atoms with van der Waals surface area (Å²) in [5, 5.41) is 9.07. The van der Waals surface area contributed by atoms with Crippen molar-refractivity contribution in [3.05, 3.63) is 35.9 Å². The summed E-state index contributed by atoms with van der Waals surface area (Å²) in [7, 11) is -3.68. The zero-order chi connectivity index (χ0) is 13.4. The normalized spacial score (nSPS) is 12.9. The molecular formula is C12H16NO4P. The molecule has 0 saturated carbocycles. The third kappa shape index (κ3) is 4.25. The Kier molecular flexibility index (Phi) is 6.03. The summed E-state index contributed by atoms with van der Waals surface area (Å²) >= 11 is 0. The number of hydrogen-bond acceptors (Lipinski definition) is 5. The molecule has 0 bridgehead atoms. The van der Waals surface area contributed by atoms with E-state index in [0.717, 1.165) is 0 Å². The van der Waals surface area contributed by atoms with Crippen LogP contribution in [0.3, 0.4) is 0 Å². The van der Waals surface area contributed by atoms with E-state index >= 15 is 0 Å². The topological polar surface area (TPSA) is 68.6 Å². The summed E-state index contributed by atoms with van der Waals surface area (Å²) < 4.78 is 27.3. The van der Waals surface area contributed by atoms with Crippen LogP contribution in [0.25, 0.3) is 0 Å². The number of nitriles is 1. The lowest BCUT2D eigenvalue weighted by Gasteiger charge is -2.19. The van der Waals surface area contributed by atoms with E-state index in [9.17, 15) is 4.57 Å². The standard InChI is InChI=1S/C12H16NO4P/c1-3-15-18(14,16-4-2)17-12(10-13)11-8-6-5-7-9-11/h5-9,12H,3-4H2,1-2H3. The van der Waals surface area contributed by atoms with Gasteiger partial charge < -0.3 is 0 Å². The highest BCUT2D eigenvalue weighted by Gasteiger charge is 2.30. The molecule has 1 aromatic carbocycles. The van der Waals surface area contributed by atoms with Gasteiger partial charge in [0, 0.05) is 0 Å². The minimum absolute atomic E-state index is 0.185. The van der Waals surface area contributed by atoms with Crippen molar-refractivity contribution in [2.24, 2.45) is 0 Å². The van der Waals surface area contributed by atoms with Crippen molar-refractivity contribution in [1.29, 1.82) is 5.26 Å². The molecule has 0 fully saturated rings. The smallest absolute Gasteiger partial charge is 0.287 e. The van der Waals surface area contributed by atoms with E-state index in [1.54, 1.807) is 38.1 Å². The molecule has 0 amide bonds. The number of phosphoric acid groups is 1. The fraction of sp³-hybridized carbons (Fsp3) is 0.417. The van der Waals surface area contributed by atoms with E-state index in [1.807, 2.05) is 12.1 Å². The highest BCUT2D eigenvalue weighted by Crippen LogP contribution is 2.52. The molecule has 18 heavy (non-hydrogen) atoms. The SMILES string of the molecule is CCOP(=O)(OCC)OC(C#N)c1ccccc1. The lowest BCUT2D eigenvalue weighted by molar-refractivity contribution is 0.103. The minimum Gasteiger partial charge on any atom is -0.287 e. The largest absolute Gasteiger partial charge is 0.476 e. The van der Waals surface area contributed by atoms with Crippen molar-refractivity contribution >= 4 is 7.82 Å². The van der Waals surface area contributed by atoms with Gasteiger partial charge >= 0.3 is 7.82 Å². The molecule has 0 aliphatic carbocycles. The summed E-state index contributed by atoms with van der Waals surface area (Å²) in [6.45, 7) is 3.73. The number of phosphoric ester groups is 1.